The third-order valence-corrected chi connectivity index (χ3v) is 7.14. The SMILES string of the molecule is COc1ccc(CN2C(=O)N(CC(=O)NCc3ccc(Cl)cc3Cl)C(=O)C3CCCCC32)cc1F. The van der Waals surface area contributed by atoms with Gasteiger partial charge in [0, 0.05) is 29.2 Å². The van der Waals surface area contributed by atoms with Gasteiger partial charge in [-0.05, 0) is 48.2 Å². The van der Waals surface area contributed by atoms with E-state index in [4.69, 9.17) is 27.9 Å². The summed E-state index contributed by atoms with van der Waals surface area (Å²) in [6.45, 7) is -0.141. The molecule has 1 N–H and O–H groups in total. The largest absolute Gasteiger partial charge is 0.494 e. The number of ether oxygens (including phenoxy) is 1. The first-order chi connectivity index (χ1) is 16.8. The summed E-state index contributed by atoms with van der Waals surface area (Å²) in [7, 11) is 1.38. The molecular formula is C25H26Cl2FN3O4. The quantitative estimate of drug-likeness (QED) is 0.568. The number of amides is 4. The van der Waals surface area contributed by atoms with Crippen LogP contribution in [0, 0.1) is 11.7 Å². The van der Waals surface area contributed by atoms with E-state index in [0.29, 0.717) is 34.0 Å². The van der Waals surface area contributed by atoms with E-state index in [1.54, 1.807) is 29.2 Å². The van der Waals surface area contributed by atoms with Crippen molar-refractivity contribution in [1.82, 2.24) is 15.1 Å². The van der Waals surface area contributed by atoms with E-state index in [1.165, 1.54) is 19.2 Å². The van der Waals surface area contributed by atoms with Crippen LogP contribution in [-0.2, 0) is 22.7 Å². The van der Waals surface area contributed by atoms with Crippen LogP contribution in [0.5, 0.6) is 5.75 Å². The molecule has 186 valence electrons. The highest BCUT2D eigenvalue weighted by atomic mass is 35.5. The molecule has 0 aromatic heterocycles. The van der Waals surface area contributed by atoms with E-state index < -0.39 is 24.3 Å². The average molecular weight is 522 g/mol. The zero-order valence-corrected chi connectivity index (χ0v) is 20.7. The lowest BCUT2D eigenvalue weighted by Gasteiger charge is -2.46. The first kappa shape index (κ1) is 25.3. The molecule has 2 aromatic carbocycles. The van der Waals surface area contributed by atoms with Crippen molar-refractivity contribution in [3.8, 4) is 5.75 Å². The zero-order chi connectivity index (χ0) is 25.1. The molecule has 7 nitrogen and oxygen atoms in total. The lowest BCUT2D eigenvalue weighted by Crippen LogP contribution is -2.63. The van der Waals surface area contributed by atoms with Gasteiger partial charge in [-0.2, -0.15) is 0 Å². The second-order valence-electron chi connectivity index (χ2n) is 8.77. The highest BCUT2D eigenvalue weighted by Gasteiger charge is 2.47. The number of halogens is 3. The van der Waals surface area contributed by atoms with Gasteiger partial charge in [0.1, 0.15) is 6.54 Å². The average Bonchev–Trinajstić information content (AvgIpc) is 2.84. The molecule has 2 fully saturated rings. The van der Waals surface area contributed by atoms with Crippen LogP contribution in [0.4, 0.5) is 9.18 Å². The minimum atomic E-state index is -0.547. The predicted molar refractivity (Wildman–Crippen MR) is 130 cm³/mol. The molecule has 0 bridgehead atoms. The number of methoxy groups -OCH3 is 1. The van der Waals surface area contributed by atoms with Crippen LogP contribution in [0.15, 0.2) is 36.4 Å². The first-order valence-electron chi connectivity index (χ1n) is 11.4. The van der Waals surface area contributed by atoms with E-state index in [1.807, 2.05) is 0 Å². The Morgan fingerprint density at radius 1 is 1.14 bits per heavy atom. The molecule has 10 heteroatoms. The van der Waals surface area contributed by atoms with Crippen molar-refractivity contribution in [2.45, 2.75) is 44.8 Å². The number of benzene rings is 2. The lowest BCUT2D eigenvalue weighted by atomic mass is 9.81. The van der Waals surface area contributed by atoms with Gasteiger partial charge in [-0.15, -0.1) is 0 Å². The van der Waals surface area contributed by atoms with Crippen LogP contribution in [-0.4, -0.2) is 47.3 Å². The molecular weight excluding hydrogens is 496 g/mol. The molecule has 2 aromatic rings. The summed E-state index contributed by atoms with van der Waals surface area (Å²) in [4.78, 5) is 41.9. The van der Waals surface area contributed by atoms with Gasteiger partial charge >= 0.3 is 6.03 Å². The number of urea groups is 1. The van der Waals surface area contributed by atoms with Crippen molar-refractivity contribution in [2.75, 3.05) is 13.7 Å². The van der Waals surface area contributed by atoms with E-state index in [-0.39, 0.29) is 36.7 Å². The molecule has 1 saturated heterocycles. The molecule has 2 aliphatic rings. The minimum absolute atomic E-state index is 0.114. The summed E-state index contributed by atoms with van der Waals surface area (Å²) in [5.41, 5.74) is 1.24. The number of carbonyl (C=O) groups is 3. The standard InChI is InChI=1S/C25H26Cl2FN3O4/c1-35-22-9-6-15(10-20(22)28)13-30-21-5-3-2-4-18(21)24(33)31(25(30)34)14-23(32)29-12-16-7-8-17(26)11-19(16)27/h6-11,18,21H,2-5,12-14H2,1H3,(H,29,32). The number of nitrogens with zero attached hydrogens (tertiary/aromatic N) is 2. The van der Waals surface area contributed by atoms with E-state index in [9.17, 15) is 18.8 Å². The van der Waals surface area contributed by atoms with Gasteiger partial charge in [-0.1, -0.05) is 48.2 Å². The molecule has 0 spiro atoms. The summed E-state index contributed by atoms with van der Waals surface area (Å²) in [5.74, 6) is -1.62. The smallest absolute Gasteiger partial charge is 0.327 e. The molecule has 35 heavy (non-hydrogen) atoms. The maximum Gasteiger partial charge on any atom is 0.327 e. The second-order valence-corrected chi connectivity index (χ2v) is 9.62. The Morgan fingerprint density at radius 3 is 2.63 bits per heavy atom. The maximum atomic E-state index is 14.3. The predicted octanol–water partition coefficient (Wildman–Crippen LogP) is 4.78. The van der Waals surface area contributed by atoms with Crippen molar-refractivity contribution >= 4 is 41.0 Å². The monoisotopic (exact) mass is 521 g/mol. The molecule has 1 heterocycles. The lowest BCUT2D eigenvalue weighted by molar-refractivity contribution is -0.143. The van der Waals surface area contributed by atoms with Crippen LogP contribution < -0.4 is 10.1 Å². The van der Waals surface area contributed by atoms with Crippen LogP contribution in [0.25, 0.3) is 0 Å². The summed E-state index contributed by atoms with van der Waals surface area (Å²) in [5, 5.41) is 3.60. The highest BCUT2D eigenvalue weighted by molar-refractivity contribution is 6.35. The molecule has 1 aliphatic carbocycles. The Labute approximate surface area is 213 Å². The number of carbonyl (C=O) groups excluding carboxylic acids is 3. The van der Waals surface area contributed by atoms with Crippen LogP contribution in [0.1, 0.15) is 36.8 Å². The number of hydrogen-bond acceptors (Lipinski definition) is 4. The molecule has 2 unspecified atom stereocenters. The molecule has 2 atom stereocenters. The van der Waals surface area contributed by atoms with Crippen molar-refractivity contribution in [3.63, 3.8) is 0 Å². The number of rotatable bonds is 7. The normalized spacial score (nSPS) is 20.0. The first-order valence-corrected chi connectivity index (χ1v) is 12.2. The maximum absolute atomic E-state index is 14.3. The number of fused-ring (bicyclic) bond motifs is 1. The van der Waals surface area contributed by atoms with Crippen molar-refractivity contribution in [3.05, 3.63) is 63.4 Å². The van der Waals surface area contributed by atoms with Crippen molar-refractivity contribution in [1.29, 1.82) is 0 Å². The molecule has 1 aliphatic heterocycles. The number of nitrogens with one attached hydrogen (secondary N) is 1. The van der Waals surface area contributed by atoms with E-state index in [2.05, 4.69) is 5.32 Å². The van der Waals surface area contributed by atoms with Gasteiger partial charge in [0.2, 0.25) is 11.8 Å². The van der Waals surface area contributed by atoms with Gasteiger partial charge in [0.05, 0.1) is 13.0 Å². The Balaban J connectivity index is 1.49. The fourth-order valence-electron chi connectivity index (χ4n) is 4.76. The third-order valence-electron chi connectivity index (χ3n) is 6.55. The fraction of sp³-hybridized carbons (Fsp3) is 0.400. The highest BCUT2D eigenvalue weighted by Crippen LogP contribution is 2.35. The summed E-state index contributed by atoms with van der Waals surface area (Å²) >= 11 is 12.1. The van der Waals surface area contributed by atoms with Gasteiger partial charge in [-0.3, -0.25) is 14.5 Å². The summed E-state index contributed by atoms with van der Waals surface area (Å²) in [6, 6.07) is 8.64. The molecule has 4 amide bonds. The Morgan fingerprint density at radius 2 is 1.91 bits per heavy atom. The van der Waals surface area contributed by atoms with Gasteiger partial charge < -0.3 is 15.0 Å². The van der Waals surface area contributed by atoms with Crippen LogP contribution >= 0.6 is 23.2 Å². The van der Waals surface area contributed by atoms with E-state index >= 15 is 0 Å². The Bertz CT molecular complexity index is 1150. The van der Waals surface area contributed by atoms with Gasteiger partial charge in [0.15, 0.2) is 11.6 Å². The number of imide groups is 1. The van der Waals surface area contributed by atoms with Crippen molar-refractivity contribution < 1.29 is 23.5 Å². The van der Waals surface area contributed by atoms with Crippen molar-refractivity contribution in [2.24, 2.45) is 5.92 Å². The fourth-order valence-corrected chi connectivity index (χ4v) is 5.23. The van der Waals surface area contributed by atoms with Crippen LogP contribution in [0.2, 0.25) is 10.0 Å². The minimum Gasteiger partial charge on any atom is -0.494 e. The second kappa shape index (κ2) is 10.8. The molecule has 0 radical (unpaired) electrons. The molecule has 1 saturated carbocycles. The topological polar surface area (TPSA) is 79.0 Å². The van der Waals surface area contributed by atoms with E-state index in [0.717, 1.165) is 17.7 Å². The van der Waals surface area contributed by atoms with Crippen LogP contribution in [0.3, 0.4) is 0 Å². The van der Waals surface area contributed by atoms with Gasteiger partial charge in [-0.25, -0.2) is 9.18 Å². The Hall–Kier alpha value is -2.84. The molecule has 4 rings (SSSR count). The summed E-state index contributed by atoms with van der Waals surface area (Å²) in [6.07, 6.45) is 3.11. The Kier molecular flexibility index (Phi) is 7.82. The zero-order valence-electron chi connectivity index (χ0n) is 19.2. The summed E-state index contributed by atoms with van der Waals surface area (Å²) < 4.78 is 19.2. The number of hydrogen-bond donors (Lipinski definition) is 1. The van der Waals surface area contributed by atoms with Gasteiger partial charge in [0.25, 0.3) is 0 Å². The third kappa shape index (κ3) is 5.54.